The van der Waals surface area contributed by atoms with Crippen LogP contribution in [0, 0.1) is 0 Å². The first-order valence-corrected chi connectivity index (χ1v) is 6.29. The number of oxazole rings is 1. The molecule has 3 N–H and O–H groups in total. The number of carbonyl (C=O) groups is 1. The molecule has 2 aromatic rings. The van der Waals surface area contributed by atoms with Crippen LogP contribution in [0.1, 0.15) is 16.4 Å². The molecular weight excluding hydrogens is 292 g/mol. The van der Waals surface area contributed by atoms with Gasteiger partial charge < -0.3 is 29.5 Å². The minimum absolute atomic E-state index is 0.00922. The number of nitrogens with two attached hydrogens (primary N) is 1. The van der Waals surface area contributed by atoms with Crippen molar-refractivity contribution >= 4 is 5.97 Å². The molecule has 0 bridgehead atoms. The lowest BCUT2D eigenvalue weighted by Crippen LogP contribution is -2.01. The molecule has 2 rings (SSSR count). The molecule has 0 fully saturated rings. The van der Waals surface area contributed by atoms with Gasteiger partial charge in [0.1, 0.15) is 0 Å². The normalized spacial score (nSPS) is 10.4. The van der Waals surface area contributed by atoms with Crippen LogP contribution < -0.4 is 19.9 Å². The topological polar surface area (TPSA) is 117 Å². The smallest absolute Gasteiger partial charge is 0.358 e. The molecule has 0 aliphatic rings. The van der Waals surface area contributed by atoms with Crippen LogP contribution in [0.5, 0.6) is 17.2 Å². The Morgan fingerprint density at radius 1 is 1.23 bits per heavy atom. The van der Waals surface area contributed by atoms with E-state index >= 15 is 0 Å². The number of hydrogen-bond donors (Lipinski definition) is 2. The Kier molecular flexibility index (Phi) is 4.52. The van der Waals surface area contributed by atoms with E-state index in [1.165, 1.54) is 21.3 Å². The van der Waals surface area contributed by atoms with E-state index in [0.29, 0.717) is 22.8 Å². The Labute approximate surface area is 126 Å². The zero-order chi connectivity index (χ0) is 16.3. The van der Waals surface area contributed by atoms with Crippen LogP contribution >= 0.6 is 0 Å². The van der Waals surface area contributed by atoms with E-state index in [0.717, 1.165) is 0 Å². The van der Waals surface area contributed by atoms with Gasteiger partial charge in [-0.05, 0) is 12.1 Å². The molecule has 0 unspecified atom stereocenters. The summed E-state index contributed by atoms with van der Waals surface area (Å²) in [5, 5.41) is 9.24. The van der Waals surface area contributed by atoms with Crippen LogP contribution in [-0.4, -0.2) is 37.4 Å². The second-order valence-corrected chi connectivity index (χ2v) is 4.21. The summed E-state index contributed by atoms with van der Waals surface area (Å²) < 4.78 is 21.1. The summed E-state index contributed by atoms with van der Waals surface area (Å²) in [5.41, 5.74) is 5.65. The molecule has 22 heavy (non-hydrogen) atoms. The first-order chi connectivity index (χ1) is 10.5. The number of methoxy groups -OCH3 is 3. The predicted molar refractivity (Wildman–Crippen MR) is 76.4 cm³/mol. The Morgan fingerprint density at radius 2 is 1.82 bits per heavy atom. The average molecular weight is 308 g/mol. The molecule has 0 aliphatic heterocycles. The van der Waals surface area contributed by atoms with Gasteiger partial charge in [0.25, 0.3) is 0 Å². The van der Waals surface area contributed by atoms with Crippen molar-refractivity contribution in [2.45, 2.75) is 6.54 Å². The average Bonchev–Trinajstić information content (AvgIpc) is 2.98. The SMILES string of the molecule is COc1cc(-c2oc(CN)nc2C(=O)O)cc(OC)c1OC. The molecule has 0 saturated heterocycles. The maximum atomic E-state index is 11.3. The van der Waals surface area contributed by atoms with E-state index in [9.17, 15) is 9.90 Å². The first kappa shape index (κ1) is 15.6. The summed E-state index contributed by atoms with van der Waals surface area (Å²) in [4.78, 5) is 15.2. The highest BCUT2D eigenvalue weighted by molar-refractivity contribution is 5.92. The van der Waals surface area contributed by atoms with E-state index < -0.39 is 5.97 Å². The summed E-state index contributed by atoms with van der Waals surface area (Å²) in [6, 6.07) is 3.16. The lowest BCUT2D eigenvalue weighted by atomic mass is 10.1. The maximum absolute atomic E-state index is 11.3. The molecule has 0 spiro atoms. The standard InChI is InChI=1S/C14H16N2O6/c1-19-8-4-7(5-9(20-2)13(8)21-3)12-11(14(17)18)16-10(6-15)22-12/h4-5H,6,15H2,1-3H3,(H,17,18). The lowest BCUT2D eigenvalue weighted by Gasteiger charge is -2.13. The molecule has 0 amide bonds. The summed E-state index contributed by atoms with van der Waals surface area (Å²) in [6.45, 7) is -0.00922. The third kappa shape index (κ3) is 2.68. The molecule has 8 heteroatoms. The third-order valence-corrected chi connectivity index (χ3v) is 2.98. The van der Waals surface area contributed by atoms with Gasteiger partial charge in [-0.15, -0.1) is 0 Å². The summed E-state index contributed by atoms with van der Waals surface area (Å²) in [6.07, 6.45) is 0. The minimum Gasteiger partial charge on any atom is -0.493 e. The summed E-state index contributed by atoms with van der Waals surface area (Å²) >= 11 is 0. The van der Waals surface area contributed by atoms with Crippen LogP contribution in [0.15, 0.2) is 16.5 Å². The fraction of sp³-hybridized carbons (Fsp3) is 0.286. The van der Waals surface area contributed by atoms with E-state index in [2.05, 4.69) is 4.98 Å². The number of carboxylic acids is 1. The van der Waals surface area contributed by atoms with Gasteiger partial charge in [-0.2, -0.15) is 0 Å². The van der Waals surface area contributed by atoms with Crippen molar-refractivity contribution < 1.29 is 28.5 Å². The number of aromatic carboxylic acids is 1. The highest BCUT2D eigenvalue weighted by atomic mass is 16.5. The van der Waals surface area contributed by atoms with Crippen molar-refractivity contribution in [3.63, 3.8) is 0 Å². The zero-order valence-electron chi connectivity index (χ0n) is 12.4. The highest BCUT2D eigenvalue weighted by Crippen LogP contribution is 2.42. The van der Waals surface area contributed by atoms with Gasteiger partial charge in [0.2, 0.25) is 11.6 Å². The zero-order valence-corrected chi connectivity index (χ0v) is 12.4. The number of ether oxygens (including phenoxy) is 3. The molecule has 1 heterocycles. The molecule has 1 aromatic heterocycles. The second kappa shape index (κ2) is 6.35. The van der Waals surface area contributed by atoms with E-state index in [1.54, 1.807) is 12.1 Å². The molecule has 0 radical (unpaired) electrons. The summed E-state index contributed by atoms with van der Waals surface area (Å²) in [7, 11) is 4.40. The van der Waals surface area contributed by atoms with Crippen LogP contribution in [0.3, 0.4) is 0 Å². The number of benzene rings is 1. The van der Waals surface area contributed by atoms with E-state index in [-0.39, 0.29) is 23.9 Å². The Bertz CT molecular complexity index is 670. The molecule has 0 aliphatic carbocycles. The lowest BCUT2D eigenvalue weighted by molar-refractivity contribution is 0.0691. The third-order valence-electron chi connectivity index (χ3n) is 2.98. The molecular formula is C14H16N2O6. The monoisotopic (exact) mass is 308 g/mol. The van der Waals surface area contributed by atoms with E-state index in [4.69, 9.17) is 24.4 Å². The van der Waals surface area contributed by atoms with Gasteiger partial charge in [-0.25, -0.2) is 9.78 Å². The number of hydrogen-bond acceptors (Lipinski definition) is 7. The first-order valence-electron chi connectivity index (χ1n) is 6.29. The van der Waals surface area contributed by atoms with Gasteiger partial charge in [0.05, 0.1) is 27.9 Å². The largest absolute Gasteiger partial charge is 0.493 e. The van der Waals surface area contributed by atoms with Crippen molar-refractivity contribution in [3.8, 4) is 28.6 Å². The van der Waals surface area contributed by atoms with Crippen molar-refractivity contribution in [1.82, 2.24) is 4.98 Å². The van der Waals surface area contributed by atoms with Crippen molar-refractivity contribution in [3.05, 3.63) is 23.7 Å². The van der Waals surface area contributed by atoms with Gasteiger partial charge in [0, 0.05) is 5.56 Å². The summed E-state index contributed by atoms with van der Waals surface area (Å²) in [5.74, 6) is 0.127. The number of nitrogens with zero attached hydrogens (tertiary/aromatic N) is 1. The van der Waals surface area contributed by atoms with Crippen LogP contribution in [0.2, 0.25) is 0 Å². The number of rotatable bonds is 6. The van der Waals surface area contributed by atoms with Gasteiger partial charge in [-0.3, -0.25) is 0 Å². The van der Waals surface area contributed by atoms with E-state index in [1.807, 2.05) is 0 Å². The van der Waals surface area contributed by atoms with Gasteiger partial charge in [-0.1, -0.05) is 0 Å². The Balaban J connectivity index is 2.67. The molecule has 118 valence electrons. The number of carboxylic acid groups (broad SMARTS) is 1. The Morgan fingerprint density at radius 3 is 2.23 bits per heavy atom. The fourth-order valence-electron chi connectivity index (χ4n) is 2.00. The van der Waals surface area contributed by atoms with Crippen LogP contribution in [-0.2, 0) is 6.54 Å². The maximum Gasteiger partial charge on any atom is 0.358 e. The predicted octanol–water partition coefficient (Wildman–Crippen LogP) is 1.52. The molecule has 0 saturated carbocycles. The van der Waals surface area contributed by atoms with Gasteiger partial charge >= 0.3 is 5.97 Å². The van der Waals surface area contributed by atoms with Crippen LogP contribution in [0.25, 0.3) is 11.3 Å². The second-order valence-electron chi connectivity index (χ2n) is 4.21. The fourth-order valence-corrected chi connectivity index (χ4v) is 2.00. The van der Waals surface area contributed by atoms with Crippen molar-refractivity contribution in [1.29, 1.82) is 0 Å². The Hall–Kier alpha value is -2.74. The highest BCUT2D eigenvalue weighted by Gasteiger charge is 2.23. The molecule has 0 atom stereocenters. The van der Waals surface area contributed by atoms with Crippen molar-refractivity contribution in [2.24, 2.45) is 5.73 Å². The minimum atomic E-state index is -1.22. The quantitative estimate of drug-likeness (QED) is 0.825. The number of aromatic nitrogens is 1. The molecule has 8 nitrogen and oxygen atoms in total. The molecule has 1 aromatic carbocycles. The van der Waals surface area contributed by atoms with Crippen molar-refractivity contribution in [2.75, 3.05) is 21.3 Å². The van der Waals surface area contributed by atoms with Gasteiger partial charge in [0.15, 0.2) is 23.0 Å². The van der Waals surface area contributed by atoms with Crippen LogP contribution in [0.4, 0.5) is 0 Å².